The molecule has 0 saturated heterocycles. The number of esters is 1. The quantitative estimate of drug-likeness (QED) is 0.181. The lowest BCUT2D eigenvalue weighted by Gasteiger charge is -2.34. The van der Waals surface area contributed by atoms with Crippen LogP contribution in [0.25, 0.3) is 0 Å². The number of thiol groups is 1. The number of ether oxygens (including phenoxy) is 2. The smallest absolute Gasteiger partial charge is 0.408 e. The van der Waals surface area contributed by atoms with Crippen LogP contribution >= 0.6 is 12.6 Å². The highest BCUT2D eigenvalue weighted by Crippen LogP contribution is 2.26. The molecule has 1 aromatic carbocycles. The summed E-state index contributed by atoms with van der Waals surface area (Å²) in [6.07, 6.45) is 3.97. The Balaban J connectivity index is 3.43. The van der Waals surface area contributed by atoms with Gasteiger partial charge in [-0.1, -0.05) is 61.9 Å². The van der Waals surface area contributed by atoms with E-state index in [1.165, 1.54) is 12.0 Å². The van der Waals surface area contributed by atoms with Crippen molar-refractivity contribution in [1.29, 1.82) is 0 Å². The van der Waals surface area contributed by atoms with E-state index in [2.05, 4.69) is 34.9 Å². The van der Waals surface area contributed by atoms with Crippen LogP contribution < -0.4 is 10.6 Å². The molecule has 2 atom stereocenters. The molecule has 1 rings (SSSR count). The first-order valence-electron chi connectivity index (χ1n) is 13.2. The predicted octanol–water partition coefficient (Wildman–Crippen LogP) is 4.26. The number of rotatable bonds is 14. The average molecular weight is 552 g/mol. The van der Waals surface area contributed by atoms with E-state index in [-0.39, 0.29) is 18.8 Å². The normalized spacial score (nSPS) is 12.7. The molecule has 0 saturated carbocycles. The van der Waals surface area contributed by atoms with Crippen LogP contribution in [0.3, 0.4) is 0 Å². The van der Waals surface area contributed by atoms with Crippen molar-refractivity contribution in [3.63, 3.8) is 0 Å². The van der Waals surface area contributed by atoms with Gasteiger partial charge < -0.3 is 25.0 Å². The third-order valence-corrected chi connectivity index (χ3v) is 6.08. The lowest BCUT2D eigenvalue weighted by Crippen LogP contribution is -2.54. The molecular weight excluding hydrogens is 506 g/mol. The summed E-state index contributed by atoms with van der Waals surface area (Å²) in [6.45, 7) is 11.1. The maximum absolute atomic E-state index is 13.9. The second-order valence-corrected chi connectivity index (χ2v) is 10.8. The zero-order valence-electron chi connectivity index (χ0n) is 23.9. The Morgan fingerprint density at radius 2 is 1.61 bits per heavy atom. The highest BCUT2D eigenvalue weighted by Gasteiger charge is 2.36. The summed E-state index contributed by atoms with van der Waals surface area (Å²) in [4.78, 5) is 53.2. The van der Waals surface area contributed by atoms with Crippen molar-refractivity contribution in [3.8, 4) is 0 Å². The van der Waals surface area contributed by atoms with E-state index in [0.29, 0.717) is 12.0 Å². The van der Waals surface area contributed by atoms with Gasteiger partial charge in [0.05, 0.1) is 7.11 Å². The number of hydrogen-bond donors (Lipinski definition) is 3. The minimum Gasteiger partial charge on any atom is -0.468 e. The Bertz CT molecular complexity index is 927. The van der Waals surface area contributed by atoms with Gasteiger partial charge in [0.1, 0.15) is 24.2 Å². The lowest BCUT2D eigenvalue weighted by atomic mass is 9.98. The molecule has 38 heavy (non-hydrogen) atoms. The highest BCUT2D eigenvalue weighted by atomic mass is 32.1. The Kier molecular flexibility index (Phi) is 14.2. The molecule has 1 aromatic rings. The fourth-order valence-corrected chi connectivity index (χ4v) is 4.30. The minimum absolute atomic E-state index is 0.00769. The van der Waals surface area contributed by atoms with Gasteiger partial charge in [-0.25, -0.2) is 4.79 Å². The fraction of sp³-hybridized carbons (Fsp3) is 0.643. The number of unbranched alkanes of at least 4 members (excludes halogenated alkanes) is 4. The van der Waals surface area contributed by atoms with Crippen LogP contribution in [-0.2, 0) is 23.9 Å². The van der Waals surface area contributed by atoms with Crippen LogP contribution in [0.1, 0.15) is 82.5 Å². The molecule has 0 aliphatic carbocycles. The Labute approximate surface area is 232 Å². The van der Waals surface area contributed by atoms with Crippen molar-refractivity contribution in [2.24, 2.45) is 0 Å². The van der Waals surface area contributed by atoms with Crippen LogP contribution in [0.2, 0.25) is 0 Å². The average Bonchev–Trinajstić information content (AvgIpc) is 2.82. The molecule has 9 nitrogen and oxygen atoms in total. The van der Waals surface area contributed by atoms with Crippen LogP contribution in [-0.4, -0.2) is 66.4 Å². The Morgan fingerprint density at radius 3 is 2.13 bits per heavy atom. The van der Waals surface area contributed by atoms with Gasteiger partial charge >= 0.3 is 12.1 Å². The van der Waals surface area contributed by atoms with Gasteiger partial charge in [0.2, 0.25) is 11.8 Å². The molecule has 0 fully saturated rings. The van der Waals surface area contributed by atoms with Gasteiger partial charge in [-0.05, 0) is 46.6 Å². The lowest BCUT2D eigenvalue weighted by molar-refractivity contribution is -0.144. The summed E-state index contributed by atoms with van der Waals surface area (Å²) in [6, 6.07) is 3.63. The summed E-state index contributed by atoms with van der Waals surface area (Å²) in [5.41, 5.74) is 1.72. The van der Waals surface area contributed by atoms with Crippen molar-refractivity contribution < 1.29 is 28.7 Å². The van der Waals surface area contributed by atoms with Crippen LogP contribution in [0.15, 0.2) is 18.2 Å². The van der Waals surface area contributed by atoms with E-state index in [0.717, 1.165) is 36.8 Å². The Morgan fingerprint density at radius 1 is 1.00 bits per heavy atom. The zero-order valence-corrected chi connectivity index (χ0v) is 24.8. The molecule has 2 unspecified atom stereocenters. The summed E-state index contributed by atoms with van der Waals surface area (Å²) in [5.74, 6) is -1.57. The van der Waals surface area contributed by atoms with E-state index < -0.39 is 41.6 Å². The number of aryl methyl sites for hydroxylation is 2. The summed E-state index contributed by atoms with van der Waals surface area (Å²) >= 11 is 4.31. The number of benzene rings is 1. The first-order valence-corrected chi connectivity index (χ1v) is 13.8. The number of carbonyl (C=O) groups is 4. The van der Waals surface area contributed by atoms with Gasteiger partial charge in [-0.3, -0.25) is 14.4 Å². The highest BCUT2D eigenvalue weighted by molar-refractivity contribution is 7.80. The number of methoxy groups -OCH3 is 1. The van der Waals surface area contributed by atoms with Crippen molar-refractivity contribution >= 4 is 36.5 Å². The fourth-order valence-electron chi connectivity index (χ4n) is 4.06. The van der Waals surface area contributed by atoms with Gasteiger partial charge in [0.25, 0.3) is 0 Å². The molecule has 0 aliphatic rings. The maximum atomic E-state index is 13.9. The van der Waals surface area contributed by atoms with Crippen molar-refractivity contribution in [2.45, 2.75) is 91.3 Å². The zero-order chi connectivity index (χ0) is 28.9. The summed E-state index contributed by atoms with van der Waals surface area (Å²) < 4.78 is 10.0. The van der Waals surface area contributed by atoms with Crippen molar-refractivity contribution in [2.75, 3.05) is 26.0 Å². The standard InChI is InChI=1S/C28H45N3O6S/c1-8-9-10-11-12-13-31(26(34)22(18-38)30-27(35)37-28(4,5)6)24(25(33)29-17-23(32)36-7)21-15-19(2)14-20(3)16-21/h14-16,22,24,38H,8-13,17-18H2,1-7H3,(H,29,33)(H,30,35). The van der Waals surface area contributed by atoms with Gasteiger partial charge in [-0.2, -0.15) is 12.6 Å². The number of nitrogens with one attached hydrogen (secondary N) is 2. The largest absolute Gasteiger partial charge is 0.468 e. The maximum Gasteiger partial charge on any atom is 0.408 e. The molecule has 0 bridgehead atoms. The number of nitrogens with zero attached hydrogens (tertiary/aromatic N) is 1. The topological polar surface area (TPSA) is 114 Å². The SMILES string of the molecule is CCCCCCCN(C(=O)C(CS)NC(=O)OC(C)(C)C)C(C(=O)NCC(=O)OC)c1cc(C)cc(C)c1. The van der Waals surface area contributed by atoms with E-state index in [9.17, 15) is 19.2 Å². The summed E-state index contributed by atoms with van der Waals surface area (Å²) in [7, 11) is 1.24. The van der Waals surface area contributed by atoms with E-state index >= 15 is 0 Å². The number of alkyl carbamates (subject to hydrolysis) is 1. The molecule has 10 heteroatoms. The molecule has 0 heterocycles. The molecule has 0 aromatic heterocycles. The second kappa shape index (κ2) is 16.3. The number of amides is 3. The minimum atomic E-state index is -1.03. The van der Waals surface area contributed by atoms with Gasteiger partial charge in [-0.15, -0.1) is 0 Å². The second-order valence-electron chi connectivity index (χ2n) is 10.4. The van der Waals surface area contributed by atoms with E-state index in [4.69, 9.17) is 4.74 Å². The number of hydrogen-bond acceptors (Lipinski definition) is 7. The molecular formula is C28H45N3O6S. The van der Waals surface area contributed by atoms with E-state index in [1.807, 2.05) is 32.0 Å². The molecule has 214 valence electrons. The number of carbonyl (C=O) groups excluding carboxylic acids is 4. The first-order chi connectivity index (χ1) is 17.8. The van der Waals surface area contributed by atoms with Gasteiger partial charge in [0, 0.05) is 12.3 Å². The first kappa shape index (κ1) is 33.3. The van der Waals surface area contributed by atoms with Gasteiger partial charge in [0.15, 0.2) is 0 Å². The summed E-state index contributed by atoms with van der Waals surface area (Å²) in [5, 5.41) is 5.21. The molecule has 2 N–H and O–H groups in total. The van der Waals surface area contributed by atoms with Crippen LogP contribution in [0.5, 0.6) is 0 Å². The van der Waals surface area contributed by atoms with Crippen LogP contribution in [0.4, 0.5) is 4.79 Å². The molecule has 3 amide bonds. The Hall–Kier alpha value is -2.75. The van der Waals surface area contributed by atoms with Crippen molar-refractivity contribution in [1.82, 2.24) is 15.5 Å². The molecule has 0 spiro atoms. The molecule has 0 radical (unpaired) electrons. The monoisotopic (exact) mass is 551 g/mol. The predicted molar refractivity (Wildman–Crippen MR) is 151 cm³/mol. The third kappa shape index (κ3) is 11.8. The third-order valence-electron chi connectivity index (χ3n) is 5.71. The van der Waals surface area contributed by atoms with E-state index in [1.54, 1.807) is 20.8 Å². The molecule has 0 aliphatic heterocycles. The van der Waals surface area contributed by atoms with Crippen LogP contribution in [0, 0.1) is 13.8 Å². The van der Waals surface area contributed by atoms with Crippen molar-refractivity contribution in [3.05, 3.63) is 34.9 Å².